The lowest BCUT2D eigenvalue weighted by molar-refractivity contribution is -0.132. The summed E-state index contributed by atoms with van der Waals surface area (Å²) in [6.07, 6.45) is 8.04. The Morgan fingerprint density at radius 2 is 1.58 bits per heavy atom. The summed E-state index contributed by atoms with van der Waals surface area (Å²) >= 11 is 6.25. The summed E-state index contributed by atoms with van der Waals surface area (Å²) in [5.74, 6) is -0.0882. The zero-order valence-corrected chi connectivity index (χ0v) is 21.2. The van der Waals surface area contributed by atoms with Gasteiger partial charge in [-0.25, -0.2) is 0 Å². The largest absolute Gasteiger partial charge is 0.339 e. The fourth-order valence-corrected chi connectivity index (χ4v) is 5.05. The number of rotatable bonds is 6. The second-order valence-electron chi connectivity index (χ2n) is 8.82. The van der Waals surface area contributed by atoms with Gasteiger partial charge in [0.2, 0.25) is 0 Å². The first-order chi connectivity index (χ1) is 18.4. The third-order valence-corrected chi connectivity index (χ3v) is 6.90. The first-order valence-electron chi connectivity index (χ1n) is 11.8. The highest BCUT2D eigenvalue weighted by molar-refractivity contribution is 6.30. The molecule has 1 saturated heterocycles. The number of nitriles is 1. The third-order valence-electron chi connectivity index (χ3n) is 6.66. The van der Waals surface area contributed by atoms with E-state index in [9.17, 15) is 9.59 Å². The summed E-state index contributed by atoms with van der Waals surface area (Å²) in [5.41, 5.74) is 1.83. The Bertz CT molecular complexity index is 1520. The molecule has 7 nitrogen and oxygen atoms in total. The fourth-order valence-electron chi connectivity index (χ4n) is 4.84. The number of amides is 1. The number of hydrogen-bond donors (Lipinski definition) is 0. The predicted molar refractivity (Wildman–Crippen MR) is 143 cm³/mol. The molecule has 0 radical (unpaired) electrons. The molecule has 1 aliphatic heterocycles. The summed E-state index contributed by atoms with van der Waals surface area (Å²) in [4.78, 5) is 39.7. The van der Waals surface area contributed by atoms with Gasteiger partial charge in [-0.15, -0.1) is 0 Å². The van der Waals surface area contributed by atoms with Crippen LogP contribution >= 0.6 is 11.6 Å². The molecule has 186 valence electrons. The molecular formula is C30H22ClN5O2. The van der Waals surface area contributed by atoms with Gasteiger partial charge in [-0.2, -0.15) is 5.26 Å². The van der Waals surface area contributed by atoms with E-state index in [2.05, 4.69) is 16.0 Å². The van der Waals surface area contributed by atoms with E-state index >= 15 is 0 Å². The Balaban J connectivity index is 1.69. The molecule has 38 heavy (non-hydrogen) atoms. The maximum atomic E-state index is 14.6. The van der Waals surface area contributed by atoms with Gasteiger partial charge in [-0.3, -0.25) is 24.5 Å². The number of nitrogens with zero attached hydrogens (tertiary/aromatic N) is 5. The van der Waals surface area contributed by atoms with Crippen molar-refractivity contribution in [3.8, 4) is 6.07 Å². The Kier molecular flexibility index (Phi) is 6.73. The maximum Gasteiger partial charge on any atom is 0.263 e. The van der Waals surface area contributed by atoms with Gasteiger partial charge in [0.25, 0.3) is 5.91 Å². The van der Waals surface area contributed by atoms with Crippen molar-refractivity contribution in [1.82, 2.24) is 19.8 Å². The topological polar surface area (TPSA) is 90.2 Å². The molecule has 0 aliphatic carbocycles. The van der Waals surface area contributed by atoms with Gasteiger partial charge in [0, 0.05) is 48.5 Å². The number of carbonyl (C=O) groups excluding carboxylic acids is 2. The molecule has 3 heterocycles. The number of ketones is 1. The first-order valence-corrected chi connectivity index (χ1v) is 12.2. The van der Waals surface area contributed by atoms with Crippen LogP contribution in [0.15, 0.2) is 109 Å². The maximum absolute atomic E-state index is 14.6. The zero-order chi connectivity index (χ0) is 26.7. The molecule has 2 aromatic heterocycles. The van der Waals surface area contributed by atoms with E-state index in [-0.39, 0.29) is 18.2 Å². The van der Waals surface area contributed by atoms with E-state index in [4.69, 9.17) is 16.9 Å². The zero-order valence-electron chi connectivity index (χ0n) is 20.5. The second kappa shape index (κ2) is 10.3. The monoisotopic (exact) mass is 519 g/mol. The van der Waals surface area contributed by atoms with E-state index < -0.39 is 5.54 Å². The van der Waals surface area contributed by atoms with Gasteiger partial charge in [0.1, 0.15) is 5.82 Å². The number of allylic oxidation sites excluding steroid dienone is 1. The minimum absolute atomic E-state index is 0.203. The lowest BCUT2D eigenvalue weighted by Crippen LogP contribution is -2.45. The molecular weight excluding hydrogens is 498 g/mol. The molecule has 1 aliphatic rings. The van der Waals surface area contributed by atoms with Crippen molar-refractivity contribution in [2.45, 2.75) is 12.1 Å². The van der Waals surface area contributed by atoms with Gasteiger partial charge >= 0.3 is 0 Å². The van der Waals surface area contributed by atoms with Crippen molar-refractivity contribution in [2.75, 3.05) is 7.05 Å². The minimum atomic E-state index is -1.26. The Labute approximate surface area is 225 Å². The molecule has 0 bridgehead atoms. The van der Waals surface area contributed by atoms with Crippen LogP contribution in [0.2, 0.25) is 5.02 Å². The van der Waals surface area contributed by atoms with E-state index in [1.54, 1.807) is 97.4 Å². The quantitative estimate of drug-likeness (QED) is 0.264. The normalized spacial score (nSPS) is 15.5. The van der Waals surface area contributed by atoms with E-state index in [0.717, 1.165) is 5.56 Å². The van der Waals surface area contributed by atoms with Crippen LogP contribution in [0, 0.1) is 11.3 Å². The van der Waals surface area contributed by atoms with Gasteiger partial charge in [0.05, 0.1) is 18.2 Å². The summed E-state index contributed by atoms with van der Waals surface area (Å²) in [5, 5.41) is 9.67. The highest BCUT2D eigenvalue weighted by Crippen LogP contribution is 2.46. The fraction of sp³-hybridized carbons (Fsp3) is 0.100. The molecule has 5 rings (SSSR count). The molecule has 8 heteroatoms. The number of carbonyl (C=O) groups is 2. The lowest BCUT2D eigenvalue weighted by Gasteiger charge is -2.35. The summed E-state index contributed by atoms with van der Waals surface area (Å²) in [6.45, 7) is 0.203. The SMILES string of the molecule is CN1C(=CC(=O)c2ccc(C#N)cc2)N(Cc2cccc(Cl)c2)C(=O)C1(c1ccncc1)c1ccncc1. The molecule has 0 unspecified atom stereocenters. The number of likely N-dealkylation sites (N-methyl/N-ethyl adjacent to an activating group) is 1. The molecule has 1 fully saturated rings. The Morgan fingerprint density at radius 3 is 2.13 bits per heavy atom. The highest BCUT2D eigenvalue weighted by atomic mass is 35.5. The third kappa shape index (κ3) is 4.32. The molecule has 0 atom stereocenters. The predicted octanol–water partition coefficient (Wildman–Crippen LogP) is 4.94. The van der Waals surface area contributed by atoms with Crippen molar-refractivity contribution in [3.63, 3.8) is 0 Å². The average molecular weight is 520 g/mol. The Hall–Kier alpha value is -4.80. The minimum Gasteiger partial charge on any atom is -0.339 e. The highest BCUT2D eigenvalue weighted by Gasteiger charge is 2.56. The molecule has 0 spiro atoms. The number of hydrogen-bond acceptors (Lipinski definition) is 6. The average Bonchev–Trinajstić information content (AvgIpc) is 3.15. The molecule has 1 amide bonds. The molecule has 0 N–H and O–H groups in total. The van der Waals surface area contributed by atoms with E-state index in [1.165, 1.54) is 6.08 Å². The smallest absolute Gasteiger partial charge is 0.263 e. The van der Waals surface area contributed by atoms with Gasteiger partial charge in [-0.1, -0.05) is 23.7 Å². The van der Waals surface area contributed by atoms with E-state index in [1.807, 2.05) is 17.0 Å². The number of halogens is 1. The number of pyridine rings is 2. The van der Waals surface area contributed by atoms with Crippen LogP contribution in [-0.4, -0.2) is 38.5 Å². The van der Waals surface area contributed by atoms with Crippen molar-refractivity contribution in [3.05, 3.63) is 142 Å². The van der Waals surface area contributed by atoms with Crippen molar-refractivity contribution >= 4 is 23.3 Å². The van der Waals surface area contributed by atoms with Crippen LogP contribution in [-0.2, 0) is 16.9 Å². The summed E-state index contributed by atoms with van der Waals surface area (Å²) in [7, 11) is 1.80. The lowest BCUT2D eigenvalue weighted by atomic mass is 9.82. The summed E-state index contributed by atoms with van der Waals surface area (Å²) < 4.78 is 0. The van der Waals surface area contributed by atoms with Crippen LogP contribution in [0.1, 0.15) is 32.6 Å². The Morgan fingerprint density at radius 1 is 0.974 bits per heavy atom. The number of aromatic nitrogens is 2. The van der Waals surface area contributed by atoms with Crippen molar-refractivity contribution in [1.29, 1.82) is 5.26 Å². The second-order valence-corrected chi connectivity index (χ2v) is 9.25. The molecule has 0 saturated carbocycles. The van der Waals surface area contributed by atoms with Crippen LogP contribution in [0.4, 0.5) is 0 Å². The molecule has 4 aromatic rings. The molecule has 2 aromatic carbocycles. The van der Waals surface area contributed by atoms with Crippen molar-refractivity contribution in [2.24, 2.45) is 0 Å². The van der Waals surface area contributed by atoms with Crippen LogP contribution in [0.25, 0.3) is 0 Å². The van der Waals surface area contributed by atoms with Gasteiger partial charge < -0.3 is 4.90 Å². The van der Waals surface area contributed by atoms with Crippen LogP contribution in [0.5, 0.6) is 0 Å². The number of benzene rings is 2. The van der Waals surface area contributed by atoms with Gasteiger partial charge in [-0.05, 0) is 77.4 Å². The van der Waals surface area contributed by atoms with Crippen molar-refractivity contribution < 1.29 is 9.59 Å². The van der Waals surface area contributed by atoms with Crippen LogP contribution in [0.3, 0.4) is 0 Å². The standard InChI is InChI=1S/C30H22ClN5O2/c1-35-28(18-27(37)23-7-5-21(19-32)6-8-23)36(20-22-3-2-4-26(31)17-22)29(38)30(35,24-9-13-33-14-10-24)25-11-15-34-16-12-25/h2-18H,20H2,1H3. The van der Waals surface area contributed by atoms with Crippen LogP contribution < -0.4 is 0 Å². The summed E-state index contributed by atoms with van der Waals surface area (Å²) in [6, 6.07) is 23.0. The first kappa shape index (κ1) is 24.9. The van der Waals surface area contributed by atoms with Gasteiger partial charge in [0.15, 0.2) is 11.3 Å². The van der Waals surface area contributed by atoms with E-state index in [0.29, 0.717) is 33.1 Å².